The second-order valence-electron chi connectivity index (χ2n) is 6.46. The van der Waals surface area contributed by atoms with Gasteiger partial charge in [0.1, 0.15) is 0 Å². The van der Waals surface area contributed by atoms with E-state index in [0.29, 0.717) is 18.1 Å². The summed E-state index contributed by atoms with van der Waals surface area (Å²) in [5, 5.41) is 0. The van der Waals surface area contributed by atoms with Crippen LogP contribution in [0.3, 0.4) is 0 Å². The first-order chi connectivity index (χ1) is 10.7. The fourth-order valence-electron chi connectivity index (χ4n) is 3.34. The maximum Gasteiger partial charge on any atom is 0.0630 e. The van der Waals surface area contributed by atoms with Crippen molar-refractivity contribution in [3.63, 3.8) is 0 Å². The molecule has 0 unspecified atom stereocenters. The fourth-order valence-corrected chi connectivity index (χ4v) is 3.34. The van der Waals surface area contributed by atoms with Gasteiger partial charge in [-0.25, -0.2) is 0 Å². The molecule has 1 aromatic rings. The number of morpholine rings is 1. The number of benzene rings is 1. The van der Waals surface area contributed by atoms with Crippen LogP contribution >= 0.6 is 0 Å². The molecule has 3 heteroatoms. The predicted octanol–water partition coefficient (Wildman–Crippen LogP) is 3.38. The van der Waals surface area contributed by atoms with Crippen molar-refractivity contribution in [3.8, 4) is 0 Å². The highest BCUT2D eigenvalue weighted by molar-refractivity contribution is 5.15. The Kier molecular flexibility index (Phi) is 7.37. The monoisotopic (exact) mass is 305 g/mol. The smallest absolute Gasteiger partial charge is 0.0630 e. The maximum atomic E-state index is 6.06. The fraction of sp³-hybridized carbons (Fsp3) is 0.684. The van der Waals surface area contributed by atoms with Crippen LogP contribution in [0.4, 0.5) is 0 Å². The Balaban J connectivity index is 1.99. The first-order valence-corrected chi connectivity index (χ1v) is 8.68. The summed E-state index contributed by atoms with van der Waals surface area (Å²) in [6, 6.07) is 11.3. The third-order valence-corrected chi connectivity index (χ3v) is 4.50. The number of ether oxygens (including phenoxy) is 2. The molecule has 0 bridgehead atoms. The molecule has 3 nitrogen and oxygen atoms in total. The molecule has 2 atom stereocenters. The molecule has 2 rings (SSSR count). The van der Waals surface area contributed by atoms with Gasteiger partial charge in [0.15, 0.2) is 0 Å². The van der Waals surface area contributed by atoms with Gasteiger partial charge in [-0.1, -0.05) is 44.2 Å². The minimum absolute atomic E-state index is 0.294. The highest BCUT2D eigenvalue weighted by Crippen LogP contribution is 2.21. The first kappa shape index (κ1) is 17.5. The molecule has 1 fully saturated rings. The molecule has 124 valence electrons. The zero-order valence-electron chi connectivity index (χ0n) is 14.3. The molecule has 0 radical (unpaired) electrons. The van der Waals surface area contributed by atoms with Gasteiger partial charge in [0.25, 0.3) is 0 Å². The summed E-state index contributed by atoms with van der Waals surface area (Å²) < 4.78 is 11.6. The van der Waals surface area contributed by atoms with E-state index < -0.39 is 0 Å². The van der Waals surface area contributed by atoms with Crippen LogP contribution in [0.5, 0.6) is 0 Å². The van der Waals surface area contributed by atoms with E-state index in [0.717, 1.165) is 45.8 Å². The summed E-state index contributed by atoms with van der Waals surface area (Å²) in [4.78, 5) is 2.59. The van der Waals surface area contributed by atoms with Gasteiger partial charge in [0.05, 0.1) is 19.3 Å². The molecule has 0 spiro atoms. The molecule has 0 saturated carbocycles. The van der Waals surface area contributed by atoms with Crippen molar-refractivity contribution in [3.05, 3.63) is 35.9 Å². The summed E-state index contributed by atoms with van der Waals surface area (Å²) in [5.41, 5.74) is 1.37. The van der Waals surface area contributed by atoms with E-state index in [-0.39, 0.29) is 0 Å². The Labute approximate surface area is 135 Å². The largest absolute Gasteiger partial charge is 0.379 e. The number of nitrogens with zero attached hydrogens (tertiary/aromatic N) is 1. The second kappa shape index (κ2) is 9.29. The third-order valence-electron chi connectivity index (χ3n) is 4.50. The average molecular weight is 305 g/mol. The number of hydrogen-bond acceptors (Lipinski definition) is 3. The van der Waals surface area contributed by atoms with Crippen LogP contribution < -0.4 is 0 Å². The zero-order valence-corrected chi connectivity index (χ0v) is 14.3. The normalized spacial score (nSPS) is 19.3. The Hall–Kier alpha value is -0.900. The summed E-state index contributed by atoms with van der Waals surface area (Å²) in [7, 11) is 0. The van der Waals surface area contributed by atoms with Gasteiger partial charge in [-0.15, -0.1) is 0 Å². The van der Waals surface area contributed by atoms with Crippen LogP contribution in [0.25, 0.3) is 0 Å². The lowest BCUT2D eigenvalue weighted by molar-refractivity contribution is -0.0210. The molecule has 0 amide bonds. The average Bonchev–Trinajstić information content (AvgIpc) is 2.54. The third kappa shape index (κ3) is 5.38. The molecule has 1 aliphatic heterocycles. The molecular formula is C19H31NO2. The molecule has 0 N–H and O–H groups in total. The molecule has 1 saturated heterocycles. The highest BCUT2D eigenvalue weighted by atomic mass is 16.5. The topological polar surface area (TPSA) is 21.7 Å². The summed E-state index contributed by atoms with van der Waals surface area (Å²) >= 11 is 0. The second-order valence-corrected chi connectivity index (χ2v) is 6.46. The first-order valence-electron chi connectivity index (χ1n) is 8.68. The van der Waals surface area contributed by atoms with Gasteiger partial charge in [0, 0.05) is 25.7 Å². The summed E-state index contributed by atoms with van der Waals surface area (Å²) in [5.74, 6) is 0.636. The van der Waals surface area contributed by atoms with Crippen LogP contribution in [0, 0.1) is 5.92 Å². The van der Waals surface area contributed by atoms with Crippen LogP contribution in [-0.4, -0.2) is 50.0 Å². The van der Waals surface area contributed by atoms with E-state index in [1.807, 2.05) is 0 Å². The summed E-state index contributed by atoms with van der Waals surface area (Å²) in [6.45, 7) is 11.3. The molecule has 1 heterocycles. The van der Waals surface area contributed by atoms with Crippen LogP contribution in [-0.2, 0) is 15.9 Å². The molecule has 0 aliphatic carbocycles. The van der Waals surface area contributed by atoms with Crippen molar-refractivity contribution in [1.29, 1.82) is 0 Å². The Morgan fingerprint density at radius 3 is 2.41 bits per heavy atom. The van der Waals surface area contributed by atoms with Crippen molar-refractivity contribution in [1.82, 2.24) is 4.90 Å². The standard InChI is InChI=1S/C19H31NO2/c1-4-22-18(14-17-8-6-5-7-9-17)15-19(16(2)3)20-10-12-21-13-11-20/h5-9,16,18-19H,4,10-15H2,1-3H3/t18-,19+/m0/s1. The predicted molar refractivity (Wildman–Crippen MR) is 91.2 cm³/mol. The van der Waals surface area contributed by atoms with Gasteiger partial charge < -0.3 is 9.47 Å². The lowest BCUT2D eigenvalue weighted by atomic mass is 9.93. The number of hydrogen-bond donors (Lipinski definition) is 0. The van der Waals surface area contributed by atoms with E-state index >= 15 is 0 Å². The van der Waals surface area contributed by atoms with E-state index in [2.05, 4.69) is 56.0 Å². The van der Waals surface area contributed by atoms with Crippen molar-refractivity contribution in [2.75, 3.05) is 32.9 Å². The van der Waals surface area contributed by atoms with E-state index in [4.69, 9.17) is 9.47 Å². The van der Waals surface area contributed by atoms with Gasteiger partial charge in [-0.3, -0.25) is 4.90 Å². The minimum Gasteiger partial charge on any atom is -0.379 e. The Morgan fingerprint density at radius 1 is 1.14 bits per heavy atom. The molecule has 1 aromatic carbocycles. The van der Waals surface area contributed by atoms with E-state index in [1.54, 1.807) is 0 Å². The van der Waals surface area contributed by atoms with E-state index in [9.17, 15) is 0 Å². The molecular weight excluding hydrogens is 274 g/mol. The maximum absolute atomic E-state index is 6.06. The summed E-state index contributed by atoms with van der Waals surface area (Å²) in [6.07, 6.45) is 2.39. The molecule has 1 aliphatic rings. The Bertz CT molecular complexity index is 401. The lowest BCUT2D eigenvalue weighted by Gasteiger charge is -2.38. The molecule has 0 aromatic heterocycles. The van der Waals surface area contributed by atoms with Gasteiger partial charge in [-0.05, 0) is 31.2 Å². The van der Waals surface area contributed by atoms with Crippen LogP contribution in [0.2, 0.25) is 0 Å². The van der Waals surface area contributed by atoms with Crippen LogP contribution in [0.1, 0.15) is 32.8 Å². The van der Waals surface area contributed by atoms with Gasteiger partial charge in [-0.2, -0.15) is 0 Å². The van der Waals surface area contributed by atoms with E-state index in [1.165, 1.54) is 5.56 Å². The zero-order chi connectivity index (χ0) is 15.8. The minimum atomic E-state index is 0.294. The SMILES string of the molecule is CCO[C@@H](Cc1ccccc1)C[C@H](C(C)C)N1CCOCC1. The van der Waals surface area contributed by atoms with Crippen molar-refractivity contribution >= 4 is 0 Å². The van der Waals surface area contributed by atoms with Gasteiger partial charge >= 0.3 is 0 Å². The highest BCUT2D eigenvalue weighted by Gasteiger charge is 2.27. The van der Waals surface area contributed by atoms with Crippen molar-refractivity contribution in [2.45, 2.75) is 45.8 Å². The Morgan fingerprint density at radius 2 is 1.82 bits per heavy atom. The molecule has 22 heavy (non-hydrogen) atoms. The lowest BCUT2D eigenvalue weighted by Crippen LogP contribution is -2.47. The quantitative estimate of drug-likeness (QED) is 0.735. The number of rotatable bonds is 8. The van der Waals surface area contributed by atoms with Crippen LogP contribution in [0.15, 0.2) is 30.3 Å². The van der Waals surface area contributed by atoms with Crippen molar-refractivity contribution < 1.29 is 9.47 Å². The van der Waals surface area contributed by atoms with Crippen molar-refractivity contribution in [2.24, 2.45) is 5.92 Å². The van der Waals surface area contributed by atoms with Gasteiger partial charge in [0.2, 0.25) is 0 Å².